The van der Waals surface area contributed by atoms with Crippen molar-refractivity contribution in [3.05, 3.63) is 52.8 Å². The number of hydrogen-bond donors (Lipinski definition) is 2. The van der Waals surface area contributed by atoms with Gasteiger partial charge in [-0.25, -0.2) is 9.97 Å². The van der Waals surface area contributed by atoms with Crippen LogP contribution >= 0.6 is 11.8 Å². The lowest BCUT2D eigenvalue weighted by molar-refractivity contribution is -0.119. The summed E-state index contributed by atoms with van der Waals surface area (Å²) in [6, 6.07) is 9.12. The molecule has 0 radical (unpaired) electrons. The van der Waals surface area contributed by atoms with E-state index in [1.165, 1.54) is 11.8 Å². The van der Waals surface area contributed by atoms with Crippen molar-refractivity contribution < 1.29 is 9.59 Å². The normalized spacial score (nSPS) is 10.3. The van der Waals surface area contributed by atoms with E-state index in [9.17, 15) is 9.59 Å². The van der Waals surface area contributed by atoms with E-state index in [-0.39, 0.29) is 17.6 Å². The predicted molar refractivity (Wildman–Crippen MR) is 93.7 cm³/mol. The largest absolute Gasteiger partial charge is 0.272 e. The number of thioether (sulfide) groups is 1. The third kappa shape index (κ3) is 5.34. The van der Waals surface area contributed by atoms with E-state index in [2.05, 4.69) is 20.8 Å². The molecule has 1 heterocycles. The number of aryl methyl sites for hydroxylation is 3. The number of carbonyl (C=O) groups is 2. The zero-order chi connectivity index (χ0) is 17.5. The van der Waals surface area contributed by atoms with Crippen LogP contribution in [0.5, 0.6) is 0 Å². The highest BCUT2D eigenvalue weighted by Crippen LogP contribution is 2.13. The van der Waals surface area contributed by atoms with Gasteiger partial charge in [-0.3, -0.25) is 20.4 Å². The second kappa shape index (κ2) is 8.44. The molecule has 0 aliphatic heterocycles. The van der Waals surface area contributed by atoms with Crippen LogP contribution in [0.2, 0.25) is 0 Å². The van der Waals surface area contributed by atoms with Gasteiger partial charge in [0.25, 0.3) is 5.91 Å². The summed E-state index contributed by atoms with van der Waals surface area (Å²) in [5.41, 5.74) is 8.16. The summed E-state index contributed by atoms with van der Waals surface area (Å²) in [6.45, 7) is 5.80. The number of carbonyl (C=O) groups excluding carboxylic acids is 2. The van der Waals surface area contributed by atoms with E-state index in [4.69, 9.17) is 0 Å². The number of nitrogens with one attached hydrogen (secondary N) is 2. The van der Waals surface area contributed by atoms with Crippen molar-refractivity contribution in [3.63, 3.8) is 0 Å². The molecule has 0 saturated carbocycles. The first-order valence-corrected chi connectivity index (χ1v) is 8.59. The molecular weight excluding hydrogens is 324 g/mol. The Kier molecular flexibility index (Phi) is 6.31. The van der Waals surface area contributed by atoms with Crippen molar-refractivity contribution in [1.29, 1.82) is 0 Å². The number of rotatable bonds is 5. The Morgan fingerprint density at radius 1 is 1.04 bits per heavy atom. The molecule has 24 heavy (non-hydrogen) atoms. The zero-order valence-electron chi connectivity index (χ0n) is 13.9. The summed E-state index contributed by atoms with van der Waals surface area (Å²) >= 11 is 1.22. The molecule has 0 unspecified atom stereocenters. The van der Waals surface area contributed by atoms with Crippen LogP contribution in [0.3, 0.4) is 0 Å². The Morgan fingerprint density at radius 2 is 1.67 bits per heavy atom. The second-order valence-electron chi connectivity index (χ2n) is 5.27. The van der Waals surface area contributed by atoms with Crippen LogP contribution in [-0.2, 0) is 11.2 Å². The van der Waals surface area contributed by atoms with Gasteiger partial charge in [0, 0.05) is 17.0 Å². The Bertz CT molecular complexity index is 712. The van der Waals surface area contributed by atoms with Gasteiger partial charge >= 0.3 is 0 Å². The first-order chi connectivity index (χ1) is 11.5. The molecule has 1 aromatic carbocycles. The van der Waals surface area contributed by atoms with Crippen molar-refractivity contribution >= 4 is 23.6 Å². The van der Waals surface area contributed by atoms with Gasteiger partial charge in [0.1, 0.15) is 0 Å². The van der Waals surface area contributed by atoms with Crippen LogP contribution < -0.4 is 10.9 Å². The number of aromatic nitrogens is 2. The smallest absolute Gasteiger partial charge is 0.269 e. The molecule has 0 saturated heterocycles. The summed E-state index contributed by atoms with van der Waals surface area (Å²) in [7, 11) is 0. The average Bonchev–Trinajstić information content (AvgIpc) is 2.57. The molecule has 0 bridgehead atoms. The van der Waals surface area contributed by atoms with Gasteiger partial charge in [0.2, 0.25) is 5.91 Å². The molecule has 2 amide bonds. The number of benzene rings is 1. The lowest BCUT2D eigenvalue weighted by Crippen LogP contribution is -2.42. The predicted octanol–water partition coefficient (Wildman–Crippen LogP) is 2.21. The van der Waals surface area contributed by atoms with Crippen LogP contribution in [0.4, 0.5) is 0 Å². The molecule has 1 aromatic heterocycles. The number of amides is 2. The van der Waals surface area contributed by atoms with Crippen molar-refractivity contribution in [2.75, 3.05) is 5.75 Å². The van der Waals surface area contributed by atoms with Gasteiger partial charge < -0.3 is 0 Å². The molecule has 0 fully saturated rings. The van der Waals surface area contributed by atoms with Gasteiger partial charge in [-0.1, -0.05) is 30.8 Å². The van der Waals surface area contributed by atoms with Crippen LogP contribution in [0.1, 0.15) is 34.2 Å². The summed E-state index contributed by atoms with van der Waals surface area (Å²) in [6.07, 6.45) is 0.913. The molecule has 2 aromatic rings. The van der Waals surface area contributed by atoms with Crippen molar-refractivity contribution in [2.24, 2.45) is 0 Å². The molecule has 126 valence electrons. The Labute approximate surface area is 145 Å². The molecule has 2 N–H and O–H groups in total. The van der Waals surface area contributed by atoms with E-state index >= 15 is 0 Å². The molecular formula is C17H20N4O2S. The van der Waals surface area contributed by atoms with Crippen molar-refractivity contribution in [3.8, 4) is 0 Å². The molecule has 2 rings (SSSR count). The quantitative estimate of drug-likeness (QED) is 0.493. The molecule has 0 aliphatic carbocycles. The van der Waals surface area contributed by atoms with Gasteiger partial charge in [0.15, 0.2) is 5.16 Å². The highest BCUT2D eigenvalue weighted by molar-refractivity contribution is 7.99. The van der Waals surface area contributed by atoms with Crippen molar-refractivity contribution in [2.45, 2.75) is 32.3 Å². The van der Waals surface area contributed by atoms with Gasteiger partial charge in [-0.05, 0) is 44.0 Å². The minimum atomic E-state index is -0.348. The zero-order valence-corrected chi connectivity index (χ0v) is 14.7. The van der Waals surface area contributed by atoms with Crippen LogP contribution in [0.25, 0.3) is 0 Å². The first-order valence-electron chi connectivity index (χ1n) is 7.61. The molecule has 7 heteroatoms. The summed E-state index contributed by atoms with van der Waals surface area (Å²) in [4.78, 5) is 32.3. The van der Waals surface area contributed by atoms with Gasteiger partial charge in [-0.2, -0.15) is 0 Å². The third-order valence-corrected chi connectivity index (χ3v) is 4.08. The molecule has 0 spiro atoms. The number of hydrazine groups is 1. The first kappa shape index (κ1) is 17.9. The fourth-order valence-electron chi connectivity index (χ4n) is 2.01. The van der Waals surface area contributed by atoms with E-state index in [0.29, 0.717) is 10.7 Å². The topological polar surface area (TPSA) is 84.0 Å². The van der Waals surface area contributed by atoms with Gasteiger partial charge in [-0.15, -0.1) is 0 Å². The minimum Gasteiger partial charge on any atom is -0.272 e. The van der Waals surface area contributed by atoms with Crippen molar-refractivity contribution in [1.82, 2.24) is 20.8 Å². The van der Waals surface area contributed by atoms with E-state index in [0.717, 1.165) is 23.4 Å². The van der Waals surface area contributed by atoms with E-state index < -0.39 is 0 Å². The SMILES string of the molecule is CCc1ccc(C(=O)NNC(=O)CSc2nc(C)cc(C)n2)cc1. The Balaban J connectivity index is 1.80. The third-order valence-electron chi connectivity index (χ3n) is 3.23. The highest BCUT2D eigenvalue weighted by Gasteiger charge is 2.09. The second-order valence-corrected chi connectivity index (χ2v) is 6.22. The monoisotopic (exact) mass is 344 g/mol. The summed E-state index contributed by atoms with van der Waals surface area (Å²) in [5.74, 6) is -0.544. The lowest BCUT2D eigenvalue weighted by atomic mass is 10.1. The highest BCUT2D eigenvalue weighted by atomic mass is 32.2. The van der Waals surface area contributed by atoms with Crippen LogP contribution in [0.15, 0.2) is 35.5 Å². The fraction of sp³-hybridized carbons (Fsp3) is 0.294. The maximum atomic E-state index is 12.0. The number of hydrogen-bond acceptors (Lipinski definition) is 5. The Morgan fingerprint density at radius 3 is 2.25 bits per heavy atom. The maximum Gasteiger partial charge on any atom is 0.269 e. The maximum absolute atomic E-state index is 12.0. The minimum absolute atomic E-state index is 0.123. The summed E-state index contributed by atoms with van der Waals surface area (Å²) < 4.78 is 0. The molecule has 0 aliphatic rings. The molecule has 0 atom stereocenters. The van der Waals surface area contributed by atoms with E-state index in [1.54, 1.807) is 12.1 Å². The lowest BCUT2D eigenvalue weighted by Gasteiger charge is -2.08. The summed E-state index contributed by atoms with van der Waals surface area (Å²) in [5, 5.41) is 0.545. The van der Waals surface area contributed by atoms with E-state index in [1.807, 2.05) is 39.0 Å². The number of nitrogens with zero attached hydrogens (tertiary/aromatic N) is 2. The standard InChI is InChI=1S/C17H20N4O2S/c1-4-13-5-7-14(8-6-13)16(23)21-20-15(22)10-24-17-18-11(2)9-12(3)19-17/h5-9H,4,10H2,1-3H3,(H,20,22)(H,21,23). The van der Waals surface area contributed by atoms with Crippen LogP contribution in [0, 0.1) is 13.8 Å². The Hall–Kier alpha value is -2.41. The van der Waals surface area contributed by atoms with Gasteiger partial charge in [0.05, 0.1) is 5.75 Å². The fourth-order valence-corrected chi connectivity index (χ4v) is 2.76. The van der Waals surface area contributed by atoms with Crippen LogP contribution in [-0.4, -0.2) is 27.5 Å². The molecule has 6 nitrogen and oxygen atoms in total. The average molecular weight is 344 g/mol.